The molecule has 2 aromatic rings. The van der Waals surface area contributed by atoms with Crippen molar-refractivity contribution in [2.45, 2.75) is 13.3 Å². The topological polar surface area (TPSA) is 29.5 Å². The van der Waals surface area contributed by atoms with Gasteiger partial charge in [0.2, 0.25) is 0 Å². The molecular weight excluding hydrogens is 196 g/mol. The van der Waals surface area contributed by atoms with Crippen molar-refractivity contribution in [3.05, 3.63) is 23.1 Å². The number of hydrogen-bond acceptors (Lipinski definition) is 3. The van der Waals surface area contributed by atoms with E-state index >= 15 is 0 Å². The van der Waals surface area contributed by atoms with Crippen molar-refractivity contribution < 1.29 is 9.84 Å². The highest BCUT2D eigenvalue weighted by molar-refractivity contribution is 7.17. The molecule has 14 heavy (non-hydrogen) atoms. The Bertz CT molecular complexity index is 460. The van der Waals surface area contributed by atoms with Crippen molar-refractivity contribution in [3.8, 4) is 11.5 Å². The molecule has 0 unspecified atom stereocenters. The van der Waals surface area contributed by atoms with Gasteiger partial charge in [0.05, 0.1) is 11.8 Å². The van der Waals surface area contributed by atoms with Crippen LogP contribution in [0.25, 0.3) is 10.1 Å². The summed E-state index contributed by atoms with van der Waals surface area (Å²) in [5.41, 5.74) is 1.28. The summed E-state index contributed by atoms with van der Waals surface area (Å²) < 4.78 is 5.97. The average Bonchev–Trinajstić information content (AvgIpc) is 2.62. The molecule has 1 aromatic heterocycles. The number of aromatic hydroxyl groups is 1. The average molecular weight is 208 g/mol. The van der Waals surface area contributed by atoms with E-state index in [0.717, 1.165) is 16.5 Å². The molecule has 0 radical (unpaired) electrons. The minimum Gasteiger partial charge on any atom is -0.503 e. The van der Waals surface area contributed by atoms with Gasteiger partial charge in [-0.3, -0.25) is 0 Å². The number of benzene rings is 1. The number of thiophene rings is 1. The minimum atomic E-state index is 0.259. The fraction of sp³-hybridized carbons (Fsp3) is 0.273. The van der Waals surface area contributed by atoms with Gasteiger partial charge < -0.3 is 9.84 Å². The summed E-state index contributed by atoms with van der Waals surface area (Å²) in [4.78, 5) is 0. The third-order valence-corrected chi connectivity index (χ3v) is 3.41. The van der Waals surface area contributed by atoms with Crippen molar-refractivity contribution in [1.29, 1.82) is 0 Å². The molecule has 0 saturated carbocycles. The van der Waals surface area contributed by atoms with Gasteiger partial charge in [0, 0.05) is 0 Å². The molecule has 0 atom stereocenters. The van der Waals surface area contributed by atoms with Crippen LogP contribution < -0.4 is 4.74 Å². The molecule has 1 heterocycles. The van der Waals surface area contributed by atoms with Gasteiger partial charge in [-0.2, -0.15) is 0 Å². The smallest absolute Gasteiger partial charge is 0.175 e. The van der Waals surface area contributed by atoms with Crippen LogP contribution in [0.1, 0.15) is 12.5 Å². The van der Waals surface area contributed by atoms with Gasteiger partial charge in [-0.05, 0) is 34.9 Å². The number of rotatable bonds is 2. The zero-order valence-corrected chi connectivity index (χ0v) is 9.02. The van der Waals surface area contributed by atoms with E-state index in [2.05, 4.69) is 12.3 Å². The molecule has 0 saturated heterocycles. The van der Waals surface area contributed by atoms with Crippen molar-refractivity contribution in [3.63, 3.8) is 0 Å². The molecule has 3 heteroatoms. The highest BCUT2D eigenvalue weighted by Crippen LogP contribution is 2.39. The highest BCUT2D eigenvalue weighted by atomic mass is 32.1. The molecule has 2 rings (SSSR count). The van der Waals surface area contributed by atoms with E-state index < -0.39 is 0 Å². The molecule has 0 bridgehead atoms. The third-order valence-electron chi connectivity index (χ3n) is 2.36. The lowest BCUT2D eigenvalue weighted by Gasteiger charge is -2.03. The van der Waals surface area contributed by atoms with Gasteiger partial charge in [-0.25, -0.2) is 0 Å². The maximum absolute atomic E-state index is 9.84. The van der Waals surface area contributed by atoms with Crippen molar-refractivity contribution in [2.24, 2.45) is 0 Å². The lowest BCUT2D eigenvalue weighted by Crippen LogP contribution is -1.83. The van der Waals surface area contributed by atoms with Crippen molar-refractivity contribution >= 4 is 21.4 Å². The van der Waals surface area contributed by atoms with E-state index in [-0.39, 0.29) is 5.75 Å². The van der Waals surface area contributed by atoms with Crippen molar-refractivity contribution in [1.82, 2.24) is 0 Å². The maximum Gasteiger partial charge on any atom is 0.175 e. The fourth-order valence-corrected chi connectivity index (χ4v) is 2.65. The van der Waals surface area contributed by atoms with E-state index in [1.807, 2.05) is 12.1 Å². The van der Waals surface area contributed by atoms with E-state index in [4.69, 9.17) is 4.74 Å². The van der Waals surface area contributed by atoms with Crippen LogP contribution in [0.4, 0.5) is 0 Å². The summed E-state index contributed by atoms with van der Waals surface area (Å²) in [5.74, 6) is 0.803. The summed E-state index contributed by atoms with van der Waals surface area (Å²) in [5, 5.41) is 13.1. The van der Waals surface area contributed by atoms with Gasteiger partial charge in [-0.1, -0.05) is 6.92 Å². The number of methoxy groups -OCH3 is 1. The van der Waals surface area contributed by atoms with Crippen LogP contribution in [0.15, 0.2) is 17.5 Å². The quantitative estimate of drug-likeness (QED) is 0.821. The zero-order chi connectivity index (χ0) is 10.1. The number of phenols is 1. The zero-order valence-electron chi connectivity index (χ0n) is 8.20. The monoisotopic (exact) mass is 208 g/mol. The summed E-state index contributed by atoms with van der Waals surface area (Å²) in [6, 6.07) is 3.81. The van der Waals surface area contributed by atoms with E-state index in [9.17, 15) is 5.11 Å². The first-order chi connectivity index (χ1) is 6.77. The van der Waals surface area contributed by atoms with Crippen LogP contribution in [0.3, 0.4) is 0 Å². The molecule has 0 fully saturated rings. The Labute approximate surface area is 86.8 Å². The van der Waals surface area contributed by atoms with Crippen LogP contribution in [-0.4, -0.2) is 12.2 Å². The molecule has 1 aromatic carbocycles. The summed E-state index contributed by atoms with van der Waals surface area (Å²) in [6.07, 6.45) is 0.992. The van der Waals surface area contributed by atoms with E-state index in [1.165, 1.54) is 5.56 Å². The van der Waals surface area contributed by atoms with Crippen molar-refractivity contribution in [2.75, 3.05) is 7.11 Å². The fourth-order valence-electron chi connectivity index (χ4n) is 1.56. The molecule has 0 aliphatic heterocycles. The molecule has 0 spiro atoms. The number of phenolic OH excluding ortho intramolecular Hbond substituents is 1. The van der Waals surface area contributed by atoms with Gasteiger partial charge in [0.1, 0.15) is 0 Å². The predicted octanol–water partition coefficient (Wildman–Crippen LogP) is 3.18. The largest absolute Gasteiger partial charge is 0.503 e. The Morgan fingerprint density at radius 1 is 1.43 bits per heavy atom. The molecule has 0 aliphatic carbocycles. The molecule has 2 nitrogen and oxygen atoms in total. The summed E-state index contributed by atoms with van der Waals surface area (Å²) >= 11 is 1.56. The number of hydrogen-bond donors (Lipinski definition) is 1. The van der Waals surface area contributed by atoms with Gasteiger partial charge in [0.25, 0.3) is 0 Å². The highest BCUT2D eigenvalue weighted by Gasteiger charge is 2.10. The van der Waals surface area contributed by atoms with Crippen LogP contribution in [0.2, 0.25) is 0 Å². The van der Waals surface area contributed by atoms with Gasteiger partial charge >= 0.3 is 0 Å². The second-order valence-electron chi connectivity index (χ2n) is 3.11. The maximum atomic E-state index is 9.84. The van der Waals surface area contributed by atoms with Crippen LogP contribution in [0.5, 0.6) is 11.5 Å². The van der Waals surface area contributed by atoms with Crippen LogP contribution in [0, 0.1) is 0 Å². The van der Waals surface area contributed by atoms with Crippen LogP contribution in [-0.2, 0) is 6.42 Å². The Morgan fingerprint density at radius 3 is 2.86 bits per heavy atom. The first-order valence-corrected chi connectivity index (χ1v) is 5.42. The molecular formula is C11H12O2S. The number of fused-ring (bicyclic) bond motifs is 1. The SMILES string of the molecule is CCc1csc2c(O)c(OC)ccc12. The number of aryl methyl sites for hydroxylation is 1. The van der Waals surface area contributed by atoms with E-state index in [1.54, 1.807) is 18.4 Å². The Balaban J connectivity index is 2.72. The van der Waals surface area contributed by atoms with E-state index in [0.29, 0.717) is 5.75 Å². The minimum absolute atomic E-state index is 0.259. The molecule has 74 valence electrons. The Morgan fingerprint density at radius 2 is 2.21 bits per heavy atom. The third kappa shape index (κ3) is 1.24. The Kier molecular flexibility index (Phi) is 2.33. The normalized spacial score (nSPS) is 10.7. The number of ether oxygens (including phenoxy) is 1. The van der Waals surface area contributed by atoms with Gasteiger partial charge in [0.15, 0.2) is 11.5 Å². The molecule has 1 N–H and O–H groups in total. The summed E-state index contributed by atoms with van der Waals surface area (Å²) in [7, 11) is 1.56. The Hall–Kier alpha value is -1.22. The predicted molar refractivity (Wildman–Crippen MR) is 59.4 cm³/mol. The first-order valence-electron chi connectivity index (χ1n) is 4.54. The first kappa shape index (κ1) is 9.34. The second kappa shape index (κ2) is 3.50. The second-order valence-corrected chi connectivity index (χ2v) is 3.99. The summed E-state index contributed by atoms with van der Waals surface area (Å²) in [6.45, 7) is 2.11. The van der Waals surface area contributed by atoms with Crippen LogP contribution >= 0.6 is 11.3 Å². The molecule has 0 aliphatic rings. The molecule has 0 amide bonds. The lowest BCUT2D eigenvalue weighted by molar-refractivity contribution is 0.377. The van der Waals surface area contributed by atoms with Gasteiger partial charge in [-0.15, -0.1) is 11.3 Å². The standard InChI is InChI=1S/C11H12O2S/c1-3-7-6-14-11-8(7)4-5-9(13-2)10(11)12/h4-6,12H,3H2,1-2H3. The lowest BCUT2D eigenvalue weighted by atomic mass is 10.1.